The molecule has 1 saturated carbocycles. The Labute approximate surface area is 107 Å². The third-order valence-electron chi connectivity index (χ3n) is 5.14. The van der Waals surface area contributed by atoms with Crippen molar-refractivity contribution in [1.29, 1.82) is 0 Å². The zero-order chi connectivity index (χ0) is 12.6. The van der Waals surface area contributed by atoms with Gasteiger partial charge in [0.1, 0.15) is 5.72 Å². The molecule has 2 heteroatoms. The van der Waals surface area contributed by atoms with Gasteiger partial charge in [-0.3, -0.25) is 5.32 Å². The first-order chi connectivity index (χ1) is 7.95. The van der Waals surface area contributed by atoms with Crippen molar-refractivity contribution in [3.05, 3.63) is 0 Å². The maximum Gasteiger partial charge on any atom is 0.120 e. The highest BCUT2D eigenvalue weighted by Crippen LogP contribution is 2.45. The highest BCUT2D eigenvalue weighted by Gasteiger charge is 2.46. The molecule has 0 aromatic heterocycles. The van der Waals surface area contributed by atoms with Gasteiger partial charge in [0.15, 0.2) is 0 Å². The van der Waals surface area contributed by atoms with Crippen LogP contribution in [0.15, 0.2) is 0 Å². The summed E-state index contributed by atoms with van der Waals surface area (Å²) in [5.41, 5.74) is 0.654. The smallest absolute Gasteiger partial charge is 0.120 e. The van der Waals surface area contributed by atoms with Crippen LogP contribution in [0.25, 0.3) is 0 Å². The molecule has 17 heavy (non-hydrogen) atoms. The van der Waals surface area contributed by atoms with Gasteiger partial charge in [-0.05, 0) is 50.4 Å². The van der Waals surface area contributed by atoms with Crippen LogP contribution in [-0.4, -0.2) is 17.9 Å². The van der Waals surface area contributed by atoms with Crippen LogP contribution in [0.2, 0.25) is 0 Å². The van der Waals surface area contributed by atoms with Crippen LogP contribution in [0.5, 0.6) is 0 Å². The molecule has 2 aliphatic rings. The molecule has 0 radical (unpaired) electrons. The Balaban J connectivity index is 2.06. The standard InChI is InChI=1S/C15H29NO/c1-5-14(6-2)11-12-16-15(17-14)9-7-13(3,4)8-10-15/h16H,5-12H2,1-4H3. The highest BCUT2D eigenvalue weighted by atomic mass is 16.5. The molecule has 0 aromatic carbocycles. The van der Waals surface area contributed by atoms with Crippen LogP contribution < -0.4 is 5.32 Å². The largest absolute Gasteiger partial charge is 0.354 e. The van der Waals surface area contributed by atoms with E-state index in [4.69, 9.17) is 4.74 Å². The van der Waals surface area contributed by atoms with Gasteiger partial charge in [-0.1, -0.05) is 27.7 Å². The van der Waals surface area contributed by atoms with Gasteiger partial charge in [0.25, 0.3) is 0 Å². The van der Waals surface area contributed by atoms with Gasteiger partial charge in [0.2, 0.25) is 0 Å². The Bertz CT molecular complexity index is 258. The van der Waals surface area contributed by atoms with E-state index in [1.165, 1.54) is 32.1 Å². The van der Waals surface area contributed by atoms with Gasteiger partial charge < -0.3 is 4.74 Å². The summed E-state index contributed by atoms with van der Waals surface area (Å²) >= 11 is 0. The lowest BCUT2D eigenvalue weighted by Gasteiger charge is -2.52. The first kappa shape index (κ1) is 13.4. The van der Waals surface area contributed by atoms with E-state index in [2.05, 4.69) is 33.0 Å². The second kappa shape index (κ2) is 4.55. The summed E-state index contributed by atoms with van der Waals surface area (Å²) in [6, 6.07) is 0. The molecule has 0 aromatic rings. The highest BCUT2D eigenvalue weighted by molar-refractivity contribution is 4.96. The van der Waals surface area contributed by atoms with Crippen molar-refractivity contribution in [3.63, 3.8) is 0 Å². The van der Waals surface area contributed by atoms with Gasteiger partial charge >= 0.3 is 0 Å². The average molecular weight is 239 g/mol. The summed E-state index contributed by atoms with van der Waals surface area (Å²) in [4.78, 5) is 0. The van der Waals surface area contributed by atoms with Gasteiger partial charge in [0, 0.05) is 6.54 Å². The lowest BCUT2D eigenvalue weighted by Crippen LogP contribution is -2.61. The minimum absolute atomic E-state index is 0.000208. The van der Waals surface area contributed by atoms with E-state index >= 15 is 0 Å². The molecule has 1 spiro atoms. The molecule has 2 fully saturated rings. The van der Waals surface area contributed by atoms with Crippen LogP contribution in [0, 0.1) is 5.41 Å². The average Bonchev–Trinajstić information content (AvgIpc) is 2.34. The SMILES string of the molecule is CCC1(CC)CCNC2(CCC(C)(C)CC2)O1. The molecule has 1 N–H and O–H groups in total. The number of hydrogen-bond donors (Lipinski definition) is 1. The molecule has 1 aliphatic carbocycles. The summed E-state index contributed by atoms with van der Waals surface area (Å²) in [6.45, 7) is 10.4. The molecule has 0 bridgehead atoms. The molecular weight excluding hydrogens is 210 g/mol. The second-order valence-electron chi connectivity index (χ2n) is 6.83. The van der Waals surface area contributed by atoms with Gasteiger partial charge in [-0.15, -0.1) is 0 Å². The maximum atomic E-state index is 6.58. The summed E-state index contributed by atoms with van der Waals surface area (Å²) in [7, 11) is 0. The second-order valence-corrected chi connectivity index (χ2v) is 6.83. The fourth-order valence-electron chi connectivity index (χ4n) is 3.38. The molecular formula is C15H29NO. The number of rotatable bonds is 2. The first-order valence-corrected chi connectivity index (χ1v) is 7.40. The van der Waals surface area contributed by atoms with E-state index < -0.39 is 0 Å². The van der Waals surface area contributed by atoms with Crippen molar-refractivity contribution in [2.45, 2.75) is 84.0 Å². The normalized spacial score (nSPS) is 30.4. The van der Waals surface area contributed by atoms with E-state index in [1.807, 2.05) is 0 Å². The Hall–Kier alpha value is -0.0800. The maximum absolute atomic E-state index is 6.58. The fourth-order valence-corrected chi connectivity index (χ4v) is 3.38. The van der Waals surface area contributed by atoms with Crippen molar-refractivity contribution < 1.29 is 4.74 Å². The minimum Gasteiger partial charge on any atom is -0.354 e. The van der Waals surface area contributed by atoms with Gasteiger partial charge in [-0.25, -0.2) is 0 Å². The predicted octanol–water partition coefficient (Wildman–Crippen LogP) is 3.85. The number of nitrogens with one attached hydrogen (secondary N) is 1. The van der Waals surface area contributed by atoms with Crippen LogP contribution in [0.4, 0.5) is 0 Å². The van der Waals surface area contributed by atoms with Crippen LogP contribution in [-0.2, 0) is 4.74 Å². The molecule has 2 rings (SSSR count). The van der Waals surface area contributed by atoms with Crippen LogP contribution >= 0.6 is 0 Å². The molecule has 1 saturated heterocycles. The molecule has 0 amide bonds. The Morgan fingerprint density at radius 3 is 2.06 bits per heavy atom. The summed E-state index contributed by atoms with van der Waals surface area (Å²) in [6.07, 6.45) is 8.40. The van der Waals surface area contributed by atoms with Crippen molar-refractivity contribution in [3.8, 4) is 0 Å². The van der Waals surface area contributed by atoms with Crippen molar-refractivity contribution in [1.82, 2.24) is 5.32 Å². The van der Waals surface area contributed by atoms with Crippen molar-refractivity contribution in [2.75, 3.05) is 6.54 Å². The Morgan fingerprint density at radius 1 is 0.941 bits per heavy atom. The zero-order valence-electron chi connectivity index (χ0n) is 12.1. The number of ether oxygens (including phenoxy) is 1. The molecule has 2 nitrogen and oxygen atoms in total. The van der Waals surface area contributed by atoms with Crippen LogP contribution in [0.3, 0.4) is 0 Å². The van der Waals surface area contributed by atoms with Crippen LogP contribution in [0.1, 0.15) is 72.6 Å². The lowest BCUT2D eigenvalue weighted by molar-refractivity contribution is -0.223. The first-order valence-electron chi connectivity index (χ1n) is 7.40. The van der Waals surface area contributed by atoms with E-state index in [9.17, 15) is 0 Å². The fraction of sp³-hybridized carbons (Fsp3) is 1.00. The molecule has 0 unspecified atom stereocenters. The van der Waals surface area contributed by atoms with E-state index in [-0.39, 0.29) is 11.3 Å². The molecule has 1 aliphatic heterocycles. The van der Waals surface area contributed by atoms with E-state index in [0.29, 0.717) is 5.41 Å². The van der Waals surface area contributed by atoms with E-state index in [1.54, 1.807) is 0 Å². The monoisotopic (exact) mass is 239 g/mol. The summed E-state index contributed by atoms with van der Waals surface area (Å²) in [5.74, 6) is 0. The molecule has 0 atom stereocenters. The Kier molecular flexibility index (Phi) is 3.57. The predicted molar refractivity (Wildman–Crippen MR) is 72.0 cm³/mol. The number of hydrogen-bond acceptors (Lipinski definition) is 2. The lowest BCUT2D eigenvalue weighted by atomic mass is 9.73. The minimum atomic E-state index is -0.000208. The molecule has 1 heterocycles. The van der Waals surface area contributed by atoms with Gasteiger partial charge in [0.05, 0.1) is 5.60 Å². The van der Waals surface area contributed by atoms with E-state index in [0.717, 1.165) is 19.4 Å². The third kappa shape index (κ3) is 2.68. The summed E-state index contributed by atoms with van der Waals surface area (Å²) in [5, 5.41) is 3.67. The summed E-state index contributed by atoms with van der Waals surface area (Å²) < 4.78 is 6.58. The molecule has 100 valence electrons. The third-order valence-corrected chi connectivity index (χ3v) is 5.14. The quantitative estimate of drug-likeness (QED) is 0.790. The topological polar surface area (TPSA) is 21.3 Å². The zero-order valence-corrected chi connectivity index (χ0v) is 12.1. The van der Waals surface area contributed by atoms with Crippen molar-refractivity contribution >= 4 is 0 Å². The Morgan fingerprint density at radius 2 is 1.53 bits per heavy atom. The van der Waals surface area contributed by atoms with Gasteiger partial charge in [-0.2, -0.15) is 0 Å². The van der Waals surface area contributed by atoms with Crippen molar-refractivity contribution in [2.24, 2.45) is 5.41 Å².